The second kappa shape index (κ2) is 12.6. The zero-order valence-corrected chi connectivity index (χ0v) is 25.2. The molecule has 0 spiro atoms. The molecule has 2 aromatic carbocycles. The monoisotopic (exact) mass is 550 g/mol. The molecular formula is C31H40BFN2O3S. The van der Waals surface area contributed by atoms with Gasteiger partial charge in [0.1, 0.15) is 17.0 Å². The summed E-state index contributed by atoms with van der Waals surface area (Å²) in [7, 11) is 3.36. The number of nitrogens with zero attached hydrogens (tertiary/aromatic N) is 1. The molecule has 208 valence electrons. The summed E-state index contributed by atoms with van der Waals surface area (Å²) < 4.78 is 33.6. The van der Waals surface area contributed by atoms with Gasteiger partial charge in [-0.3, -0.25) is 0 Å². The average molecular weight is 551 g/mol. The molecule has 8 heteroatoms. The fourth-order valence-corrected chi connectivity index (χ4v) is 4.36. The molecular weight excluding hydrogens is 510 g/mol. The number of allylic oxidation sites excluding steroid dienone is 2. The van der Waals surface area contributed by atoms with E-state index in [2.05, 4.69) is 51.7 Å². The predicted molar refractivity (Wildman–Crippen MR) is 163 cm³/mol. The van der Waals surface area contributed by atoms with Crippen LogP contribution >= 0.6 is 12.8 Å². The first kappa shape index (κ1) is 30.8. The Hall–Kier alpha value is -2.78. The highest BCUT2D eigenvalue weighted by atomic mass is 32.1. The minimum Gasteiger partial charge on any atom is -0.456 e. The summed E-state index contributed by atoms with van der Waals surface area (Å²) in [6.45, 7) is 17.0. The van der Waals surface area contributed by atoms with E-state index in [0.717, 1.165) is 33.1 Å². The number of rotatable bonds is 6. The number of thiol groups is 1. The Morgan fingerprint density at radius 2 is 1.54 bits per heavy atom. The fraction of sp³-hybridized carbons (Fsp3) is 0.355. The van der Waals surface area contributed by atoms with Crippen molar-refractivity contribution in [2.24, 2.45) is 0 Å². The molecule has 2 heterocycles. The molecule has 1 aliphatic heterocycles. The smallest absolute Gasteiger partial charge is 0.456 e. The molecule has 0 radical (unpaired) electrons. The van der Waals surface area contributed by atoms with E-state index in [9.17, 15) is 4.39 Å². The lowest BCUT2D eigenvalue weighted by Crippen LogP contribution is -2.41. The number of hydrogen-bond donors (Lipinski definition) is 2. The van der Waals surface area contributed by atoms with Gasteiger partial charge in [-0.05, 0) is 97.0 Å². The zero-order valence-electron chi connectivity index (χ0n) is 24.3. The van der Waals surface area contributed by atoms with Crippen molar-refractivity contribution in [3.05, 3.63) is 87.9 Å². The third-order valence-electron chi connectivity index (χ3n) is 6.87. The van der Waals surface area contributed by atoms with E-state index in [0.29, 0.717) is 17.7 Å². The lowest BCUT2D eigenvalue weighted by Gasteiger charge is -2.32. The van der Waals surface area contributed by atoms with Gasteiger partial charge < -0.3 is 23.3 Å². The van der Waals surface area contributed by atoms with Crippen LogP contribution in [-0.2, 0) is 15.9 Å². The maximum Gasteiger partial charge on any atom is 0.494 e. The molecule has 0 unspecified atom stereocenters. The second-order valence-electron chi connectivity index (χ2n) is 10.9. The van der Waals surface area contributed by atoms with Crippen LogP contribution in [0.5, 0.6) is 0 Å². The first-order chi connectivity index (χ1) is 18.3. The number of hydrogen-bond acceptors (Lipinski definition) is 6. The van der Waals surface area contributed by atoms with Crippen molar-refractivity contribution in [3.8, 4) is 11.3 Å². The molecule has 0 bridgehead atoms. The summed E-state index contributed by atoms with van der Waals surface area (Å²) in [5.74, 6) is 0.358. The maximum atomic E-state index is 13.3. The van der Waals surface area contributed by atoms with Crippen LogP contribution in [0.2, 0.25) is 0 Å². The Kier molecular flexibility index (Phi) is 9.94. The van der Waals surface area contributed by atoms with Crippen LogP contribution in [0.3, 0.4) is 0 Å². The van der Waals surface area contributed by atoms with Crippen molar-refractivity contribution in [1.29, 1.82) is 0 Å². The van der Waals surface area contributed by atoms with Crippen molar-refractivity contribution in [1.82, 2.24) is 9.62 Å². The van der Waals surface area contributed by atoms with Crippen LogP contribution in [-0.4, -0.2) is 36.7 Å². The summed E-state index contributed by atoms with van der Waals surface area (Å²) in [5.41, 5.74) is 4.77. The average Bonchev–Trinajstić information content (AvgIpc) is 3.33. The molecule has 0 amide bonds. The first-order valence-electron chi connectivity index (χ1n) is 13.0. The zero-order chi connectivity index (χ0) is 29.0. The molecule has 3 aromatic rings. The van der Waals surface area contributed by atoms with Crippen LogP contribution in [0.15, 0.2) is 70.3 Å². The van der Waals surface area contributed by atoms with E-state index < -0.39 is 0 Å². The van der Waals surface area contributed by atoms with Crippen molar-refractivity contribution < 1.29 is 18.1 Å². The molecule has 1 aromatic heterocycles. The van der Waals surface area contributed by atoms with Gasteiger partial charge in [0.05, 0.1) is 17.7 Å². The quantitative estimate of drug-likeness (QED) is 0.332. The van der Waals surface area contributed by atoms with Crippen molar-refractivity contribution in [2.75, 3.05) is 14.1 Å². The van der Waals surface area contributed by atoms with Gasteiger partial charge in [0, 0.05) is 22.6 Å². The number of halogens is 1. The number of benzene rings is 2. The third kappa shape index (κ3) is 7.45. The largest absolute Gasteiger partial charge is 0.494 e. The molecule has 1 fully saturated rings. The molecule has 4 rings (SSSR count). The van der Waals surface area contributed by atoms with Crippen LogP contribution in [0.25, 0.3) is 24.0 Å². The van der Waals surface area contributed by atoms with Crippen LogP contribution in [0, 0.1) is 5.82 Å². The molecule has 0 saturated carbocycles. The molecule has 5 nitrogen and oxygen atoms in total. The van der Waals surface area contributed by atoms with Crippen LogP contribution in [0.1, 0.15) is 47.1 Å². The van der Waals surface area contributed by atoms with Gasteiger partial charge in [-0.15, -0.1) is 0 Å². The Labute approximate surface area is 238 Å². The molecule has 39 heavy (non-hydrogen) atoms. The van der Waals surface area contributed by atoms with Gasteiger partial charge >= 0.3 is 7.12 Å². The summed E-state index contributed by atoms with van der Waals surface area (Å²) >= 11 is 4.78. The van der Waals surface area contributed by atoms with E-state index in [1.807, 2.05) is 56.5 Å². The fourth-order valence-electron chi connectivity index (χ4n) is 3.94. The molecule has 1 N–H and O–H groups in total. The van der Waals surface area contributed by atoms with E-state index in [1.165, 1.54) is 12.1 Å². The highest BCUT2D eigenvalue weighted by Crippen LogP contribution is 2.36. The van der Waals surface area contributed by atoms with Crippen LogP contribution in [0.4, 0.5) is 4.39 Å². The normalized spacial score (nSPS) is 16.1. The van der Waals surface area contributed by atoms with E-state index >= 15 is 0 Å². The second-order valence-corrected chi connectivity index (χ2v) is 11.4. The Balaban J connectivity index is 0.00000134. The summed E-state index contributed by atoms with van der Waals surface area (Å²) in [6.07, 6.45) is 1.94. The van der Waals surface area contributed by atoms with Gasteiger partial charge in [0.2, 0.25) is 0 Å². The Morgan fingerprint density at radius 1 is 1.00 bits per heavy atom. The van der Waals surface area contributed by atoms with Gasteiger partial charge in [0.15, 0.2) is 0 Å². The van der Waals surface area contributed by atoms with Crippen LogP contribution < -0.4 is 21.4 Å². The lowest BCUT2D eigenvalue weighted by atomic mass is 9.79. The Morgan fingerprint density at radius 3 is 2.05 bits per heavy atom. The van der Waals surface area contributed by atoms with E-state index in [-0.39, 0.29) is 24.1 Å². The number of nitrogens with one attached hydrogen (secondary N) is 1. The Bertz CT molecular complexity index is 1380. The summed E-state index contributed by atoms with van der Waals surface area (Å²) in [6, 6.07) is 16.3. The minimum absolute atomic E-state index is 0.284. The molecule has 1 aliphatic rings. The van der Waals surface area contributed by atoms with Gasteiger partial charge in [0.25, 0.3) is 0 Å². The highest BCUT2D eigenvalue weighted by Gasteiger charge is 2.51. The highest BCUT2D eigenvalue weighted by molar-refractivity contribution is 7.77. The van der Waals surface area contributed by atoms with Gasteiger partial charge in [-0.1, -0.05) is 49.2 Å². The van der Waals surface area contributed by atoms with Crippen molar-refractivity contribution >= 4 is 38.1 Å². The topological polar surface area (TPSA) is 46.9 Å². The molecule has 0 atom stereocenters. The minimum atomic E-state index is -0.387. The van der Waals surface area contributed by atoms with Crippen molar-refractivity contribution in [3.63, 3.8) is 0 Å². The standard InChI is InChI=1S/C29H33BFNO3S.C2H7N/c1-19(2)25(17-26-20(3)16-27(33-26)22-10-14-24(31)15-11-22)32(36)18-21-8-12-23(13-9-21)30-34-28(4,5)29(6,7)35-30;1-3-2/h8-17,36H,3,18H2,1-2,4-7H3;3H,1-2H3/b26-17+;. The predicted octanol–water partition coefficient (Wildman–Crippen LogP) is 5.05. The van der Waals surface area contributed by atoms with Gasteiger partial charge in [-0.2, -0.15) is 0 Å². The SMILES string of the molecule is C=c1cc(-c2ccc(F)cc2)o/c1=C/C(=C(C)C)N(S)Cc1ccc(B2OC(C)(C)C(C)(C)O2)cc1.CNC. The van der Waals surface area contributed by atoms with E-state index in [4.69, 9.17) is 26.5 Å². The van der Waals surface area contributed by atoms with Gasteiger partial charge in [-0.25, -0.2) is 4.39 Å². The summed E-state index contributed by atoms with van der Waals surface area (Å²) in [5, 5.41) is 3.50. The van der Waals surface area contributed by atoms with E-state index in [1.54, 1.807) is 12.1 Å². The number of furan rings is 1. The summed E-state index contributed by atoms with van der Waals surface area (Å²) in [4.78, 5) is 0. The van der Waals surface area contributed by atoms with Crippen molar-refractivity contribution in [2.45, 2.75) is 59.3 Å². The lowest BCUT2D eigenvalue weighted by molar-refractivity contribution is 0.00578. The maximum absolute atomic E-state index is 13.3. The molecule has 1 saturated heterocycles. The third-order valence-corrected chi connectivity index (χ3v) is 7.22. The molecule has 0 aliphatic carbocycles. The first-order valence-corrected chi connectivity index (χ1v) is 13.4.